The lowest BCUT2D eigenvalue weighted by Crippen LogP contribution is -2.05. The highest BCUT2D eigenvalue weighted by molar-refractivity contribution is 9.10. The third kappa shape index (κ3) is 2.83. The number of ether oxygens (including phenoxy) is 1. The van der Waals surface area contributed by atoms with E-state index in [4.69, 9.17) is 4.74 Å². The van der Waals surface area contributed by atoms with Crippen LogP contribution >= 0.6 is 15.9 Å². The summed E-state index contributed by atoms with van der Waals surface area (Å²) in [4.78, 5) is 17.0. The molecule has 4 heteroatoms. The van der Waals surface area contributed by atoms with Gasteiger partial charge in [0.05, 0.1) is 5.56 Å². The summed E-state index contributed by atoms with van der Waals surface area (Å²) in [5.74, 6) is -0.129. The monoisotopic (exact) mass is 427 g/mol. The summed E-state index contributed by atoms with van der Waals surface area (Å²) in [6.07, 6.45) is 1.83. The molecule has 5 rings (SSSR count). The minimum atomic E-state index is -0.442. The highest BCUT2D eigenvalue weighted by Gasteiger charge is 2.25. The van der Waals surface area contributed by atoms with Crippen molar-refractivity contribution in [3.63, 3.8) is 0 Å². The van der Waals surface area contributed by atoms with Gasteiger partial charge in [0.15, 0.2) is 5.70 Å². The lowest BCUT2D eigenvalue weighted by atomic mass is 9.96. The van der Waals surface area contributed by atoms with Crippen molar-refractivity contribution in [1.82, 2.24) is 0 Å². The number of esters is 1. The molecule has 0 aromatic heterocycles. The van der Waals surface area contributed by atoms with Crippen LogP contribution in [0.3, 0.4) is 0 Å². The molecule has 0 spiro atoms. The number of carbonyl (C=O) groups is 1. The Morgan fingerprint density at radius 2 is 1.43 bits per heavy atom. The van der Waals surface area contributed by atoms with E-state index in [0.717, 1.165) is 37.1 Å². The zero-order valence-corrected chi connectivity index (χ0v) is 16.3. The van der Waals surface area contributed by atoms with E-state index in [1.807, 2.05) is 54.6 Å². The zero-order valence-electron chi connectivity index (χ0n) is 14.7. The van der Waals surface area contributed by atoms with Gasteiger partial charge in [0.25, 0.3) is 0 Å². The first-order chi connectivity index (χ1) is 13.7. The van der Waals surface area contributed by atoms with Crippen molar-refractivity contribution < 1.29 is 9.53 Å². The predicted octanol–water partition coefficient (Wildman–Crippen LogP) is 6.10. The number of carbonyl (C=O) groups excluding carboxylic acids is 1. The maximum atomic E-state index is 12.5. The molecular formula is C24H14BrNO2. The Hall–Kier alpha value is -3.24. The van der Waals surface area contributed by atoms with E-state index in [-0.39, 0.29) is 0 Å². The fourth-order valence-electron chi connectivity index (χ4n) is 3.50. The second kappa shape index (κ2) is 6.73. The molecule has 0 saturated heterocycles. The lowest BCUT2D eigenvalue weighted by Gasteiger charge is -2.08. The molecule has 0 unspecified atom stereocenters. The van der Waals surface area contributed by atoms with Gasteiger partial charge in [0.2, 0.25) is 5.90 Å². The minimum absolute atomic E-state index is 0.298. The topological polar surface area (TPSA) is 38.7 Å². The maximum absolute atomic E-state index is 12.5. The summed E-state index contributed by atoms with van der Waals surface area (Å²) in [6, 6.07) is 26.0. The molecule has 0 N–H and O–H groups in total. The largest absolute Gasteiger partial charge is 0.402 e. The molecule has 4 aromatic rings. The highest BCUT2D eigenvalue weighted by Crippen LogP contribution is 2.32. The van der Waals surface area contributed by atoms with E-state index in [1.54, 1.807) is 0 Å². The van der Waals surface area contributed by atoms with Crippen LogP contribution in [0, 0.1) is 0 Å². The van der Waals surface area contributed by atoms with E-state index in [0.29, 0.717) is 11.6 Å². The van der Waals surface area contributed by atoms with Gasteiger partial charge in [-0.25, -0.2) is 9.79 Å². The standard InChI is InChI=1S/C24H14BrNO2/c25-21-12-6-5-11-19(21)23-26-22(24(27)28-23)14-20-17-9-3-1-7-15(17)13-16-8-2-4-10-18(16)20/h1-14H/b22-14+. The Bertz CT molecular complexity index is 1270. The summed E-state index contributed by atoms with van der Waals surface area (Å²) < 4.78 is 6.28. The van der Waals surface area contributed by atoms with Crippen LogP contribution in [-0.2, 0) is 9.53 Å². The molecule has 1 aliphatic rings. The first-order valence-corrected chi connectivity index (χ1v) is 9.68. The number of rotatable bonds is 2. The number of nitrogens with zero attached hydrogens (tertiary/aromatic N) is 1. The van der Waals surface area contributed by atoms with Crippen molar-refractivity contribution in [1.29, 1.82) is 0 Å². The molecule has 28 heavy (non-hydrogen) atoms. The van der Waals surface area contributed by atoms with Gasteiger partial charge in [-0.15, -0.1) is 0 Å². The quantitative estimate of drug-likeness (QED) is 0.220. The van der Waals surface area contributed by atoms with Crippen molar-refractivity contribution in [2.24, 2.45) is 4.99 Å². The number of hydrogen-bond donors (Lipinski definition) is 0. The summed E-state index contributed by atoms with van der Waals surface area (Å²) in [5, 5.41) is 4.39. The van der Waals surface area contributed by atoms with Gasteiger partial charge in [0, 0.05) is 4.47 Å². The van der Waals surface area contributed by atoms with Crippen LogP contribution in [0.25, 0.3) is 27.6 Å². The highest BCUT2D eigenvalue weighted by atomic mass is 79.9. The molecule has 4 aromatic carbocycles. The van der Waals surface area contributed by atoms with E-state index >= 15 is 0 Å². The first kappa shape index (κ1) is 16.9. The van der Waals surface area contributed by atoms with Gasteiger partial charge in [0.1, 0.15) is 0 Å². The predicted molar refractivity (Wildman–Crippen MR) is 116 cm³/mol. The van der Waals surface area contributed by atoms with Gasteiger partial charge in [-0.2, -0.15) is 0 Å². The van der Waals surface area contributed by atoms with Crippen molar-refractivity contribution >= 4 is 55.4 Å². The number of fused-ring (bicyclic) bond motifs is 2. The first-order valence-electron chi connectivity index (χ1n) is 8.89. The van der Waals surface area contributed by atoms with E-state index in [9.17, 15) is 4.79 Å². The number of benzene rings is 4. The van der Waals surface area contributed by atoms with Crippen LogP contribution in [0.4, 0.5) is 0 Å². The maximum Gasteiger partial charge on any atom is 0.363 e. The molecule has 1 heterocycles. The van der Waals surface area contributed by atoms with Gasteiger partial charge >= 0.3 is 5.97 Å². The Labute approximate surface area is 170 Å². The van der Waals surface area contributed by atoms with Crippen LogP contribution in [0.2, 0.25) is 0 Å². The van der Waals surface area contributed by atoms with Crippen molar-refractivity contribution in [2.75, 3.05) is 0 Å². The number of halogens is 1. The lowest BCUT2D eigenvalue weighted by molar-refractivity contribution is -0.129. The van der Waals surface area contributed by atoms with Gasteiger partial charge < -0.3 is 4.74 Å². The van der Waals surface area contributed by atoms with Crippen LogP contribution in [-0.4, -0.2) is 11.9 Å². The van der Waals surface area contributed by atoms with Crippen molar-refractivity contribution in [3.8, 4) is 0 Å². The molecule has 0 bridgehead atoms. The minimum Gasteiger partial charge on any atom is -0.402 e. The summed E-state index contributed by atoms with van der Waals surface area (Å²) in [7, 11) is 0. The van der Waals surface area contributed by atoms with E-state index in [2.05, 4.69) is 51.3 Å². The van der Waals surface area contributed by atoms with Crippen LogP contribution in [0.5, 0.6) is 0 Å². The molecule has 0 radical (unpaired) electrons. The fourth-order valence-corrected chi connectivity index (χ4v) is 3.95. The summed E-state index contributed by atoms with van der Waals surface area (Å²) in [6.45, 7) is 0. The molecule has 134 valence electrons. The molecule has 1 aliphatic heterocycles. The van der Waals surface area contributed by atoms with Gasteiger partial charge in [-0.3, -0.25) is 0 Å². The molecule has 0 amide bonds. The second-order valence-corrected chi connectivity index (χ2v) is 7.40. The molecule has 0 aliphatic carbocycles. The Kier molecular flexibility index (Phi) is 4.06. The number of hydrogen-bond acceptors (Lipinski definition) is 3. The molecular weight excluding hydrogens is 414 g/mol. The van der Waals surface area contributed by atoms with Crippen LogP contribution in [0.15, 0.2) is 94.0 Å². The van der Waals surface area contributed by atoms with Crippen molar-refractivity contribution in [3.05, 3.63) is 100 Å². The average molecular weight is 428 g/mol. The van der Waals surface area contributed by atoms with E-state index < -0.39 is 5.97 Å². The molecule has 0 fully saturated rings. The second-order valence-electron chi connectivity index (χ2n) is 6.55. The van der Waals surface area contributed by atoms with E-state index in [1.165, 1.54) is 0 Å². The Morgan fingerprint density at radius 3 is 2.11 bits per heavy atom. The normalized spacial score (nSPS) is 15.2. The summed E-state index contributed by atoms with van der Waals surface area (Å²) in [5.41, 5.74) is 2.02. The molecule has 0 saturated carbocycles. The zero-order chi connectivity index (χ0) is 19.1. The van der Waals surface area contributed by atoms with Crippen LogP contribution < -0.4 is 0 Å². The van der Waals surface area contributed by atoms with Crippen molar-refractivity contribution in [2.45, 2.75) is 0 Å². The number of aliphatic imine (C=N–C) groups is 1. The fraction of sp³-hybridized carbons (Fsp3) is 0. The van der Waals surface area contributed by atoms with Gasteiger partial charge in [-0.05, 0) is 67.3 Å². The molecule has 3 nitrogen and oxygen atoms in total. The Morgan fingerprint density at radius 1 is 0.821 bits per heavy atom. The van der Waals surface area contributed by atoms with Gasteiger partial charge in [-0.1, -0.05) is 60.7 Å². The third-order valence-corrected chi connectivity index (χ3v) is 5.51. The van der Waals surface area contributed by atoms with Crippen LogP contribution in [0.1, 0.15) is 11.1 Å². The molecule has 0 atom stereocenters. The Balaban J connectivity index is 1.73. The third-order valence-electron chi connectivity index (χ3n) is 4.82. The summed E-state index contributed by atoms with van der Waals surface area (Å²) >= 11 is 3.49. The number of cyclic esters (lactones) is 1. The SMILES string of the molecule is O=C1OC(c2ccccc2Br)=N/C1=C/c1c2ccccc2cc2ccccc12. The smallest absolute Gasteiger partial charge is 0.363 e. The average Bonchev–Trinajstić information content (AvgIpc) is 3.08.